The Bertz CT molecular complexity index is 1140. The number of aldehydes is 1. The Morgan fingerprint density at radius 2 is 1.93 bits per heavy atom. The van der Waals surface area contributed by atoms with Crippen LogP contribution < -0.4 is 10.0 Å². The summed E-state index contributed by atoms with van der Waals surface area (Å²) in [5.74, 6) is 2.88. The second-order valence-electron chi connectivity index (χ2n) is 6.08. The number of carbonyl (C=O) groups is 1. The first-order chi connectivity index (χ1) is 14.2. The van der Waals surface area contributed by atoms with Crippen molar-refractivity contribution < 1.29 is 22.7 Å². The maximum absolute atomic E-state index is 14.9. The third-order valence-electron chi connectivity index (χ3n) is 3.93. The molecule has 0 saturated carbocycles. The van der Waals surface area contributed by atoms with E-state index in [2.05, 4.69) is 21.9 Å². The van der Waals surface area contributed by atoms with E-state index < -0.39 is 33.7 Å². The Labute approximate surface area is 182 Å². The molecule has 0 bridgehead atoms. The van der Waals surface area contributed by atoms with E-state index >= 15 is 0 Å². The van der Waals surface area contributed by atoms with Crippen molar-refractivity contribution in [3.63, 3.8) is 0 Å². The van der Waals surface area contributed by atoms with Gasteiger partial charge in [-0.1, -0.05) is 45.8 Å². The lowest BCUT2D eigenvalue weighted by Gasteiger charge is -2.34. The van der Waals surface area contributed by atoms with Crippen LogP contribution in [0.1, 0.15) is 5.56 Å². The van der Waals surface area contributed by atoms with E-state index in [1.807, 2.05) is 0 Å². The summed E-state index contributed by atoms with van der Waals surface area (Å²) in [6.45, 7) is 0.334. The van der Waals surface area contributed by atoms with Crippen LogP contribution in [0.4, 0.5) is 14.5 Å². The first-order valence-electron chi connectivity index (χ1n) is 8.31. The molecular weight excluding hydrogens is 457 g/mol. The Morgan fingerprint density at radius 3 is 2.67 bits per heavy atom. The molecule has 0 saturated heterocycles. The molecule has 1 heterocycles. The fourth-order valence-electron chi connectivity index (χ4n) is 2.50. The highest BCUT2D eigenvalue weighted by molar-refractivity contribution is 8.25. The van der Waals surface area contributed by atoms with Crippen LogP contribution in [0.15, 0.2) is 58.6 Å². The summed E-state index contributed by atoms with van der Waals surface area (Å²) in [7, 11) is -3.81. The molecule has 3 rings (SSSR count). The SMILES string of the molecule is O=CC1=CC(C#Cc2c(F)ccc(NS(O)(O)c3cc(Cl)ccc3Cl)c2F)=CNC1. The first-order valence-corrected chi connectivity index (χ1v) is 10.6. The van der Waals surface area contributed by atoms with Crippen LogP contribution in [0.2, 0.25) is 10.0 Å². The molecule has 156 valence electrons. The summed E-state index contributed by atoms with van der Waals surface area (Å²) in [6.07, 6.45) is 3.65. The largest absolute Gasteiger partial charge is 0.386 e. The number of carbonyl (C=O) groups excluding carboxylic acids is 1. The molecule has 5 nitrogen and oxygen atoms in total. The van der Waals surface area contributed by atoms with Gasteiger partial charge in [-0.3, -0.25) is 18.6 Å². The van der Waals surface area contributed by atoms with E-state index in [4.69, 9.17) is 23.2 Å². The van der Waals surface area contributed by atoms with Gasteiger partial charge in [-0.15, -0.1) is 0 Å². The van der Waals surface area contributed by atoms with Crippen LogP contribution >= 0.6 is 34.0 Å². The maximum atomic E-state index is 14.9. The van der Waals surface area contributed by atoms with E-state index in [0.29, 0.717) is 24.0 Å². The number of hydrogen-bond acceptors (Lipinski definition) is 5. The van der Waals surface area contributed by atoms with Gasteiger partial charge in [0, 0.05) is 28.9 Å². The highest BCUT2D eigenvalue weighted by Crippen LogP contribution is 2.52. The summed E-state index contributed by atoms with van der Waals surface area (Å²) in [6, 6.07) is 5.99. The fourth-order valence-corrected chi connectivity index (χ4v) is 4.39. The van der Waals surface area contributed by atoms with Crippen molar-refractivity contribution in [2.45, 2.75) is 4.90 Å². The number of nitrogens with one attached hydrogen (secondary N) is 2. The molecule has 30 heavy (non-hydrogen) atoms. The molecule has 2 aromatic rings. The highest BCUT2D eigenvalue weighted by atomic mass is 35.5. The van der Waals surface area contributed by atoms with E-state index in [1.165, 1.54) is 30.5 Å². The second kappa shape index (κ2) is 9.08. The lowest BCUT2D eigenvalue weighted by molar-refractivity contribution is -0.105. The van der Waals surface area contributed by atoms with Gasteiger partial charge in [0.2, 0.25) is 0 Å². The first kappa shape index (κ1) is 22.2. The summed E-state index contributed by atoms with van der Waals surface area (Å²) in [5, 5.41) is 3.02. The monoisotopic (exact) mass is 470 g/mol. The van der Waals surface area contributed by atoms with Gasteiger partial charge in [0.25, 0.3) is 0 Å². The molecule has 0 unspecified atom stereocenters. The van der Waals surface area contributed by atoms with Crippen molar-refractivity contribution >= 4 is 46.0 Å². The number of benzene rings is 2. The normalized spacial score (nSPS) is 13.9. The van der Waals surface area contributed by atoms with Crippen molar-refractivity contribution in [2.24, 2.45) is 0 Å². The third-order valence-corrected chi connectivity index (χ3v) is 6.06. The minimum atomic E-state index is -3.81. The molecule has 1 aliphatic rings. The van der Waals surface area contributed by atoms with Gasteiger partial charge < -0.3 is 5.32 Å². The van der Waals surface area contributed by atoms with Crippen LogP contribution in [0.3, 0.4) is 0 Å². The molecule has 0 aliphatic carbocycles. The number of halogens is 4. The van der Waals surface area contributed by atoms with Crippen LogP contribution in [0.25, 0.3) is 0 Å². The predicted molar refractivity (Wildman–Crippen MR) is 115 cm³/mol. The predicted octanol–water partition coefficient (Wildman–Crippen LogP) is 5.37. The Hall–Kier alpha value is -2.54. The smallest absolute Gasteiger partial charge is 0.166 e. The zero-order valence-electron chi connectivity index (χ0n) is 15.0. The molecule has 2 aromatic carbocycles. The number of anilines is 1. The third kappa shape index (κ3) is 4.95. The van der Waals surface area contributed by atoms with E-state index in [9.17, 15) is 22.7 Å². The number of allylic oxidation sites excluding steroid dienone is 2. The molecule has 0 spiro atoms. The summed E-state index contributed by atoms with van der Waals surface area (Å²) in [5.41, 5.74) is -0.183. The van der Waals surface area contributed by atoms with Gasteiger partial charge in [0.15, 0.2) is 5.82 Å². The van der Waals surface area contributed by atoms with Crippen molar-refractivity contribution in [2.75, 3.05) is 11.3 Å². The average molecular weight is 471 g/mol. The summed E-state index contributed by atoms with van der Waals surface area (Å²) in [4.78, 5) is 10.7. The van der Waals surface area contributed by atoms with Crippen LogP contribution in [-0.4, -0.2) is 21.9 Å². The van der Waals surface area contributed by atoms with Gasteiger partial charge in [-0.2, -0.15) is 0 Å². The molecule has 0 atom stereocenters. The molecule has 0 radical (unpaired) electrons. The zero-order valence-corrected chi connectivity index (χ0v) is 17.4. The summed E-state index contributed by atoms with van der Waals surface area (Å²) < 4.78 is 52.2. The zero-order chi connectivity index (χ0) is 21.9. The number of rotatable bonds is 4. The topological polar surface area (TPSA) is 81.6 Å². The molecule has 0 amide bonds. The number of hydrogen-bond donors (Lipinski definition) is 4. The van der Waals surface area contributed by atoms with Crippen LogP contribution in [-0.2, 0) is 4.79 Å². The quantitative estimate of drug-likeness (QED) is 0.356. The summed E-state index contributed by atoms with van der Waals surface area (Å²) >= 11 is 11.9. The van der Waals surface area contributed by atoms with Gasteiger partial charge >= 0.3 is 0 Å². The fraction of sp³-hybridized carbons (Fsp3) is 0.0500. The standard InChI is InChI=1S/C20H14Cl2F2N2O3S/c21-14-2-4-16(22)19(8-14)30(28,29)26-18-6-5-17(23)15(20(18)24)3-1-12-7-13(11-27)10-25-9-12/h2,4-9,11,25-26,28-29H,10H2. The van der Waals surface area contributed by atoms with Gasteiger partial charge in [0.1, 0.15) is 17.0 Å². The van der Waals surface area contributed by atoms with Crippen molar-refractivity contribution in [3.8, 4) is 11.8 Å². The highest BCUT2D eigenvalue weighted by Gasteiger charge is 2.23. The van der Waals surface area contributed by atoms with Gasteiger partial charge in [-0.05, 0) is 36.4 Å². The van der Waals surface area contributed by atoms with Crippen molar-refractivity contribution in [1.82, 2.24) is 5.32 Å². The lowest BCUT2D eigenvalue weighted by Crippen LogP contribution is -2.15. The Balaban J connectivity index is 1.95. The molecule has 0 aromatic heterocycles. The van der Waals surface area contributed by atoms with Gasteiger partial charge in [0.05, 0.1) is 16.3 Å². The Kier molecular flexibility index (Phi) is 6.71. The van der Waals surface area contributed by atoms with Crippen molar-refractivity contribution in [1.29, 1.82) is 0 Å². The van der Waals surface area contributed by atoms with Crippen LogP contribution in [0, 0.1) is 23.5 Å². The molecule has 1 aliphatic heterocycles. The minimum Gasteiger partial charge on any atom is -0.386 e. The average Bonchev–Trinajstić information content (AvgIpc) is 2.72. The van der Waals surface area contributed by atoms with Gasteiger partial charge in [-0.25, -0.2) is 8.78 Å². The lowest BCUT2D eigenvalue weighted by atomic mass is 10.1. The second-order valence-corrected chi connectivity index (χ2v) is 8.66. The van der Waals surface area contributed by atoms with E-state index in [-0.39, 0.29) is 14.9 Å². The number of dihydropyridines is 1. The minimum absolute atomic E-state index is 0.00365. The van der Waals surface area contributed by atoms with Crippen molar-refractivity contribution in [3.05, 3.63) is 81.0 Å². The van der Waals surface area contributed by atoms with Crippen LogP contribution in [0.5, 0.6) is 0 Å². The molecule has 0 fully saturated rings. The molecule has 4 N–H and O–H groups in total. The van der Waals surface area contributed by atoms with E-state index in [0.717, 1.165) is 12.1 Å². The Morgan fingerprint density at radius 1 is 1.17 bits per heavy atom. The molecule has 10 heteroatoms. The van der Waals surface area contributed by atoms with E-state index in [1.54, 1.807) is 0 Å². The molecular formula is C20H14Cl2F2N2O3S. The maximum Gasteiger partial charge on any atom is 0.166 e.